The summed E-state index contributed by atoms with van der Waals surface area (Å²) in [7, 11) is 0. The van der Waals surface area contributed by atoms with Crippen LogP contribution < -0.4 is 0 Å². The molecule has 1 nitrogen and oxygen atoms in total. The van der Waals surface area contributed by atoms with Gasteiger partial charge in [0.2, 0.25) is 0 Å². The van der Waals surface area contributed by atoms with E-state index >= 15 is 0 Å². The van der Waals surface area contributed by atoms with Gasteiger partial charge in [-0.2, -0.15) is 24.5 Å². The fourth-order valence-electron chi connectivity index (χ4n) is 2.91. The van der Waals surface area contributed by atoms with Gasteiger partial charge >= 0.3 is 6.18 Å². The fourth-order valence-corrected chi connectivity index (χ4v) is 3.59. The first-order chi connectivity index (χ1) is 13.4. The molecule has 0 atom stereocenters. The second kappa shape index (κ2) is 11.0. The van der Waals surface area contributed by atoms with E-state index in [1.54, 1.807) is 16.8 Å². The van der Waals surface area contributed by atoms with Crippen LogP contribution in [0.15, 0.2) is 58.5 Å². The molecule has 0 saturated carbocycles. The molecule has 0 unspecified atom stereocenters. The second-order valence-electron chi connectivity index (χ2n) is 6.75. The van der Waals surface area contributed by atoms with Crippen LogP contribution in [-0.4, -0.2) is 12.0 Å². The van der Waals surface area contributed by atoms with Crippen LogP contribution in [0, 0.1) is 0 Å². The number of hydrogen-bond acceptors (Lipinski definition) is 2. The molecular weight excluding hydrogens is 381 g/mol. The average molecular weight is 407 g/mol. The Morgan fingerprint density at radius 3 is 2.43 bits per heavy atom. The van der Waals surface area contributed by atoms with Crippen LogP contribution in [0.4, 0.5) is 13.2 Å². The molecule has 2 aromatic rings. The smallest absolute Gasteiger partial charge is 0.294 e. The molecule has 1 aromatic heterocycles. The van der Waals surface area contributed by atoms with Crippen LogP contribution in [0.5, 0.6) is 0 Å². The highest BCUT2D eigenvalue weighted by Gasteiger charge is 2.29. The van der Waals surface area contributed by atoms with Crippen LogP contribution in [0.1, 0.15) is 56.6 Å². The van der Waals surface area contributed by atoms with Crippen molar-refractivity contribution in [2.45, 2.75) is 58.0 Å². The third-order valence-corrected chi connectivity index (χ3v) is 5.08. The summed E-state index contributed by atoms with van der Waals surface area (Å²) in [5.74, 6) is -0.116. The van der Waals surface area contributed by atoms with Gasteiger partial charge < -0.3 is 0 Å². The Balaban J connectivity index is 2.31. The van der Waals surface area contributed by atoms with E-state index < -0.39 is 12.6 Å². The Labute approximate surface area is 168 Å². The Morgan fingerprint density at radius 1 is 1.07 bits per heavy atom. The van der Waals surface area contributed by atoms with Crippen LogP contribution in [-0.2, 0) is 11.2 Å². The van der Waals surface area contributed by atoms with Crippen molar-refractivity contribution in [2.75, 3.05) is 0 Å². The predicted octanol–water partition coefficient (Wildman–Crippen LogP) is 7.39. The minimum atomic E-state index is -4.34. The maximum Gasteiger partial charge on any atom is 0.393 e. The van der Waals surface area contributed by atoms with Crippen molar-refractivity contribution in [2.24, 2.45) is 0 Å². The van der Waals surface area contributed by atoms with E-state index in [0.717, 1.165) is 24.8 Å². The van der Waals surface area contributed by atoms with E-state index in [0.29, 0.717) is 24.0 Å². The zero-order valence-electron chi connectivity index (χ0n) is 16.0. The lowest BCUT2D eigenvalue weighted by Gasteiger charge is -2.09. The molecule has 28 heavy (non-hydrogen) atoms. The Kier molecular flexibility index (Phi) is 8.75. The molecule has 0 N–H and O–H groups in total. The highest BCUT2D eigenvalue weighted by atomic mass is 32.1. The summed E-state index contributed by atoms with van der Waals surface area (Å²) >= 11 is 1.34. The molecule has 0 spiro atoms. The van der Waals surface area contributed by atoms with Crippen LogP contribution in [0.25, 0.3) is 5.57 Å². The van der Waals surface area contributed by atoms with Crippen molar-refractivity contribution in [3.63, 3.8) is 0 Å². The Hall–Kier alpha value is -2.10. The van der Waals surface area contributed by atoms with Crippen molar-refractivity contribution < 1.29 is 18.0 Å². The minimum Gasteiger partial charge on any atom is -0.294 e. The van der Waals surface area contributed by atoms with E-state index in [1.165, 1.54) is 11.3 Å². The van der Waals surface area contributed by atoms with Gasteiger partial charge in [-0.1, -0.05) is 50.1 Å². The molecule has 1 heterocycles. The van der Waals surface area contributed by atoms with Gasteiger partial charge in [-0.05, 0) is 47.2 Å². The van der Waals surface area contributed by atoms with Gasteiger partial charge in [0.05, 0.1) is 6.42 Å². The predicted molar refractivity (Wildman–Crippen MR) is 109 cm³/mol. The van der Waals surface area contributed by atoms with Gasteiger partial charge in [-0.15, -0.1) is 5.73 Å². The van der Waals surface area contributed by atoms with Gasteiger partial charge in [-0.25, -0.2) is 0 Å². The number of allylic oxidation sites excluding steroid dienone is 1. The van der Waals surface area contributed by atoms with E-state index in [4.69, 9.17) is 0 Å². The molecule has 0 aliphatic heterocycles. The molecule has 0 radical (unpaired) electrons. The molecule has 0 saturated heterocycles. The first-order valence-corrected chi connectivity index (χ1v) is 10.5. The van der Waals surface area contributed by atoms with Gasteiger partial charge in [0.25, 0.3) is 0 Å². The summed E-state index contributed by atoms with van der Waals surface area (Å²) in [4.78, 5) is 12.8. The number of hydrogen-bond donors (Lipinski definition) is 0. The normalized spacial score (nSPS) is 11.1. The van der Waals surface area contributed by atoms with Crippen LogP contribution >= 0.6 is 11.3 Å². The number of ketones is 1. The molecular formula is C23H25F3OS. The van der Waals surface area contributed by atoms with Gasteiger partial charge in [0.15, 0.2) is 5.78 Å². The summed E-state index contributed by atoms with van der Waals surface area (Å²) in [6, 6.07) is 11.3. The lowest BCUT2D eigenvalue weighted by atomic mass is 9.96. The Bertz CT molecular complexity index is 798. The highest BCUT2D eigenvalue weighted by Crippen LogP contribution is 2.31. The average Bonchev–Trinajstić information content (AvgIpc) is 3.19. The van der Waals surface area contributed by atoms with Gasteiger partial charge in [0, 0.05) is 17.6 Å². The van der Waals surface area contributed by atoms with Crippen molar-refractivity contribution in [1.29, 1.82) is 0 Å². The number of carbonyl (C=O) groups excluding carboxylic acids is 1. The number of carbonyl (C=O) groups is 1. The van der Waals surface area contributed by atoms with Gasteiger partial charge in [-0.3, -0.25) is 4.79 Å². The molecule has 1 aromatic carbocycles. The third-order valence-electron chi connectivity index (χ3n) is 4.40. The number of thiophene rings is 1. The summed E-state index contributed by atoms with van der Waals surface area (Å²) in [6.07, 6.45) is -1.41. The number of alkyl halides is 3. The number of unbranched alkanes of at least 4 members (excludes halogenated alkanes) is 2. The van der Waals surface area contributed by atoms with Crippen LogP contribution in [0.3, 0.4) is 0 Å². The van der Waals surface area contributed by atoms with Crippen molar-refractivity contribution in [1.82, 2.24) is 0 Å². The Morgan fingerprint density at radius 2 is 1.82 bits per heavy atom. The summed E-state index contributed by atoms with van der Waals surface area (Å²) in [6.45, 7) is 2.05. The maximum absolute atomic E-state index is 13.1. The number of aryl methyl sites for hydroxylation is 1. The summed E-state index contributed by atoms with van der Waals surface area (Å²) in [5.41, 5.74) is 4.85. The van der Waals surface area contributed by atoms with Gasteiger partial charge in [0.1, 0.15) is 0 Å². The van der Waals surface area contributed by atoms with Crippen molar-refractivity contribution in [3.05, 3.63) is 69.6 Å². The SMILES string of the molecule is CCCCCC(=C=C(CC(F)(F)F)c1ccsc1)C(=O)CCc1ccccc1. The largest absolute Gasteiger partial charge is 0.393 e. The zero-order chi connectivity index (χ0) is 20.4. The van der Waals surface area contributed by atoms with E-state index in [9.17, 15) is 18.0 Å². The molecule has 150 valence electrons. The zero-order valence-corrected chi connectivity index (χ0v) is 16.8. The standard InChI is InChI=1S/C23H25F3OS/c1-2-3-5-10-19(22(27)12-11-18-8-6-4-7-9-18)15-21(16-23(24,25)26)20-13-14-28-17-20/h4,6-9,13-14,17H,2-3,5,10-12,16H2,1H3. The van der Waals surface area contributed by atoms with E-state index in [-0.39, 0.29) is 17.8 Å². The first kappa shape index (κ1) is 22.2. The topological polar surface area (TPSA) is 17.1 Å². The quantitative estimate of drug-likeness (QED) is 0.228. The molecule has 0 aliphatic carbocycles. The van der Waals surface area contributed by atoms with Crippen LogP contribution in [0.2, 0.25) is 0 Å². The maximum atomic E-state index is 13.1. The fraction of sp³-hybridized carbons (Fsp3) is 0.391. The number of benzene rings is 1. The second-order valence-corrected chi connectivity index (χ2v) is 7.53. The lowest BCUT2D eigenvalue weighted by molar-refractivity contribution is -0.123. The molecule has 0 aliphatic rings. The monoisotopic (exact) mass is 406 g/mol. The first-order valence-electron chi connectivity index (χ1n) is 9.54. The van der Waals surface area contributed by atoms with E-state index in [1.807, 2.05) is 30.3 Å². The molecule has 5 heteroatoms. The van der Waals surface area contributed by atoms with E-state index in [2.05, 4.69) is 12.7 Å². The molecule has 0 fully saturated rings. The third kappa shape index (κ3) is 7.87. The molecule has 2 rings (SSSR count). The minimum absolute atomic E-state index is 0.0494. The number of halogens is 3. The summed E-state index contributed by atoms with van der Waals surface area (Å²) < 4.78 is 39.2. The molecule has 0 amide bonds. The number of rotatable bonds is 10. The lowest BCUT2D eigenvalue weighted by Crippen LogP contribution is -2.08. The highest BCUT2D eigenvalue weighted by molar-refractivity contribution is 7.08. The molecule has 0 bridgehead atoms. The van der Waals surface area contributed by atoms with Crippen molar-refractivity contribution in [3.8, 4) is 0 Å². The van der Waals surface area contributed by atoms with Crippen molar-refractivity contribution >= 4 is 22.7 Å². The summed E-state index contributed by atoms with van der Waals surface area (Å²) in [5, 5.41) is 3.41. The number of Topliss-reactive ketones (excluding diaryl/α,β-unsaturated/α-hetero) is 1.